The smallest absolute Gasteiger partial charge is 0.304 e. The molecule has 0 aromatic carbocycles. The first kappa shape index (κ1) is 18.8. The number of hydrogen-bond donors (Lipinski definition) is 1. The Kier molecular flexibility index (Phi) is 4.60. The van der Waals surface area contributed by atoms with E-state index in [1.165, 1.54) is 19.2 Å². The van der Waals surface area contributed by atoms with Gasteiger partial charge in [-0.1, -0.05) is 6.92 Å². The lowest BCUT2D eigenvalue weighted by molar-refractivity contribution is -0.149. The van der Waals surface area contributed by atoms with Gasteiger partial charge in [0.2, 0.25) is 11.5 Å². The predicted molar refractivity (Wildman–Crippen MR) is 95.5 cm³/mol. The van der Waals surface area contributed by atoms with E-state index in [-0.39, 0.29) is 18.2 Å². The van der Waals surface area contributed by atoms with Crippen LogP contribution in [0.25, 0.3) is 0 Å². The van der Waals surface area contributed by atoms with E-state index in [1.54, 1.807) is 18.2 Å². The molecule has 3 rings (SSSR count). The molecule has 1 aromatic rings. The number of nitrogens with zero attached hydrogens (tertiary/aromatic N) is 2. The first-order valence-corrected chi connectivity index (χ1v) is 8.69. The van der Waals surface area contributed by atoms with Crippen molar-refractivity contribution < 1.29 is 24.1 Å². The summed E-state index contributed by atoms with van der Waals surface area (Å²) in [6.07, 6.45) is 4.39. The third-order valence-corrected chi connectivity index (χ3v) is 5.04. The van der Waals surface area contributed by atoms with Crippen LogP contribution >= 0.6 is 0 Å². The molecule has 27 heavy (non-hydrogen) atoms. The van der Waals surface area contributed by atoms with Gasteiger partial charge in [-0.25, -0.2) is 4.98 Å². The maximum atomic E-state index is 11.5. The minimum Gasteiger partial charge on any atom is -0.493 e. The molecule has 7 nitrogen and oxygen atoms in total. The van der Waals surface area contributed by atoms with Crippen LogP contribution in [0.2, 0.25) is 0 Å². The molecule has 2 aliphatic rings. The Labute approximate surface area is 157 Å². The Morgan fingerprint density at radius 3 is 2.85 bits per heavy atom. The topological polar surface area (TPSA) is 102 Å². The van der Waals surface area contributed by atoms with Crippen LogP contribution in [0.15, 0.2) is 41.8 Å². The molecule has 142 valence electrons. The van der Waals surface area contributed by atoms with Crippen LogP contribution in [0.5, 0.6) is 11.6 Å². The van der Waals surface area contributed by atoms with Crippen molar-refractivity contribution in [2.45, 2.75) is 51.4 Å². The number of hydrogen-bond acceptors (Lipinski definition) is 7. The highest BCUT2D eigenvalue weighted by Gasteiger charge is 2.48. The number of ether oxygens (including phenoxy) is 3. The fraction of sp³-hybridized carbons (Fsp3) is 0.450. The summed E-state index contributed by atoms with van der Waals surface area (Å²) in [7, 11) is 0. The van der Waals surface area contributed by atoms with E-state index in [1.807, 2.05) is 20.8 Å². The van der Waals surface area contributed by atoms with Gasteiger partial charge in [0.15, 0.2) is 0 Å². The van der Waals surface area contributed by atoms with Crippen LogP contribution in [0.1, 0.15) is 34.1 Å². The van der Waals surface area contributed by atoms with Gasteiger partial charge in [0.25, 0.3) is 0 Å². The Bertz CT molecular complexity index is 867. The summed E-state index contributed by atoms with van der Waals surface area (Å²) in [6, 6.07) is 5.16. The number of rotatable bonds is 3. The minimum absolute atomic E-state index is 0.0771. The number of allylic oxidation sites excluding steroid dienone is 1. The Hall–Kier alpha value is -3.01. The van der Waals surface area contributed by atoms with Crippen LogP contribution in [0.4, 0.5) is 0 Å². The number of pyridine rings is 1. The molecule has 7 heteroatoms. The van der Waals surface area contributed by atoms with E-state index in [0.29, 0.717) is 11.5 Å². The van der Waals surface area contributed by atoms with Crippen LogP contribution in [-0.2, 0) is 14.3 Å². The van der Waals surface area contributed by atoms with Gasteiger partial charge in [0.1, 0.15) is 29.3 Å². The second-order valence-corrected chi connectivity index (χ2v) is 7.38. The number of esters is 1. The lowest BCUT2D eigenvalue weighted by Crippen LogP contribution is -2.50. The number of nitriles is 1. The van der Waals surface area contributed by atoms with Gasteiger partial charge in [-0.2, -0.15) is 5.26 Å². The summed E-state index contributed by atoms with van der Waals surface area (Å²) < 4.78 is 17.6. The summed E-state index contributed by atoms with van der Waals surface area (Å²) in [5.74, 6) is 0.307. The lowest BCUT2D eigenvalue weighted by Gasteiger charge is -2.46. The molecule has 0 bridgehead atoms. The fourth-order valence-corrected chi connectivity index (χ4v) is 3.35. The molecular formula is C20H22N2O5. The van der Waals surface area contributed by atoms with Crippen molar-refractivity contribution in [1.82, 2.24) is 4.98 Å². The van der Waals surface area contributed by atoms with Crippen LogP contribution in [0, 0.1) is 17.2 Å². The highest BCUT2D eigenvalue weighted by Crippen LogP contribution is 2.44. The first-order valence-electron chi connectivity index (χ1n) is 8.69. The first-order chi connectivity index (χ1) is 12.7. The van der Waals surface area contributed by atoms with Crippen molar-refractivity contribution in [2.75, 3.05) is 0 Å². The Morgan fingerprint density at radius 1 is 1.48 bits per heavy atom. The summed E-state index contributed by atoms with van der Waals surface area (Å²) in [5.41, 5.74) is -1.17. The molecule has 0 saturated carbocycles. The van der Waals surface area contributed by atoms with Gasteiger partial charge >= 0.3 is 5.97 Å². The minimum atomic E-state index is -1.39. The van der Waals surface area contributed by atoms with E-state index < -0.39 is 23.3 Å². The molecule has 2 heterocycles. The maximum Gasteiger partial charge on any atom is 0.304 e. The second kappa shape index (κ2) is 6.62. The van der Waals surface area contributed by atoms with Crippen molar-refractivity contribution in [3.63, 3.8) is 0 Å². The molecule has 3 atom stereocenters. The van der Waals surface area contributed by atoms with Gasteiger partial charge < -0.3 is 19.3 Å². The number of carbonyl (C=O) groups excluding carboxylic acids is 1. The van der Waals surface area contributed by atoms with Crippen molar-refractivity contribution in [3.8, 4) is 17.7 Å². The third-order valence-electron chi connectivity index (χ3n) is 5.04. The quantitative estimate of drug-likeness (QED) is 0.816. The zero-order chi connectivity index (χ0) is 19.8. The average molecular weight is 370 g/mol. The van der Waals surface area contributed by atoms with Gasteiger partial charge in [-0.05, 0) is 32.1 Å². The van der Waals surface area contributed by atoms with Crippen molar-refractivity contribution in [3.05, 3.63) is 41.8 Å². The zero-order valence-electron chi connectivity index (χ0n) is 15.7. The normalized spacial score (nSPS) is 28.6. The van der Waals surface area contributed by atoms with Crippen LogP contribution in [-0.4, -0.2) is 33.4 Å². The molecule has 0 radical (unpaired) electrons. The predicted octanol–water partition coefficient (Wildman–Crippen LogP) is 3.02. The molecule has 0 saturated heterocycles. The maximum absolute atomic E-state index is 11.5. The SMILES string of the molecule is CC(=O)OC1(C#N)C=CC2=C(C1)C(Oc1ccnc(O)c1)C(C)C(C)(C)O2. The second-order valence-electron chi connectivity index (χ2n) is 7.38. The van der Waals surface area contributed by atoms with Gasteiger partial charge in [0.05, 0.1) is 0 Å². The largest absolute Gasteiger partial charge is 0.493 e. The van der Waals surface area contributed by atoms with E-state index in [2.05, 4.69) is 11.1 Å². The number of carbonyl (C=O) groups is 1. The standard InChI is InChI=1S/C20H22N2O5/c1-12-18(25-14-6-8-22-17(24)9-14)15-10-20(11-21,26-13(2)23)7-5-16(15)27-19(12,3)4/h5-9,12,18H,10H2,1-4H3,(H,22,24). The Morgan fingerprint density at radius 2 is 2.22 bits per heavy atom. The summed E-state index contributed by atoms with van der Waals surface area (Å²) >= 11 is 0. The number of aromatic hydroxyl groups is 1. The molecule has 0 spiro atoms. The highest BCUT2D eigenvalue weighted by atomic mass is 16.6. The van der Waals surface area contributed by atoms with E-state index in [0.717, 1.165) is 5.57 Å². The molecule has 1 aliphatic heterocycles. The van der Waals surface area contributed by atoms with Crippen LogP contribution in [0.3, 0.4) is 0 Å². The molecular weight excluding hydrogens is 348 g/mol. The molecule has 0 amide bonds. The number of aromatic nitrogens is 1. The fourth-order valence-electron chi connectivity index (χ4n) is 3.35. The van der Waals surface area contributed by atoms with Crippen molar-refractivity contribution in [1.29, 1.82) is 5.26 Å². The van der Waals surface area contributed by atoms with Crippen molar-refractivity contribution in [2.24, 2.45) is 5.92 Å². The average Bonchev–Trinajstić information content (AvgIpc) is 2.59. The molecule has 1 aliphatic carbocycles. The molecule has 1 aromatic heterocycles. The van der Waals surface area contributed by atoms with E-state index >= 15 is 0 Å². The van der Waals surface area contributed by atoms with Crippen molar-refractivity contribution >= 4 is 5.97 Å². The van der Waals surface area contributed by atoms with Gasteiger partial charge in [0, 0.05) is 37.1 Å². The summed E-state index contributed by atoms with van der Waals surface area (Å²) in [4.78, 5) is 15.3. The molecule has 3 unspecified atom stereocenters. The molecule has 1 N–H and O–H groups in total. The summed E-state index contributed by atoms with van der Waals surface area (Å²) in [5, 5.41) is 19.3. The monoisotopic (exact) mass is 370 g/mol. The zero-order valence-corrected chi connectivity index (χ0v) is 15.7. The Balaban J connectivity index is 2.00. The van der Waals surface area contributed by atoms with Crippen LogP contribution < -0.4 is 4.74 Å². The molecule has 0 fully saturated rings. The third kappa shape index (κ3) is 3.61. The van der Waals surface area contributed by atoms with E-state index in [9.17, 15) is 15.2 Å². The van der Waals surface area contributed by atoms with Gasteiger partial charge in [-0.3, -0.25) is 4.79 Å². The van der Waals surface area contributed by atoms with E-state index in [4.69, 9.17) is 14.2 Å². The van der Waals surface area contributed by atoms with Gasteiger partial charge in [-0.15, -0.1) is 0 Å². The summed E-state index contributed by atoms with van der Waals surface area (Å²) in [6.45, 7) is 7.20. The highest BCUT2D eigenvalue weighted by molar-refractivity contribution is 5.67. The lowest BCUT2D eigenvalue weighted by atomic mass is 9.76.